The molecule has 0 saturated heterocycles. The van der Waals surface area contributed by atoms with Gasteiger partial charge >= 0.3 is 5.97 Å². The number of hydrogen-bond acceptors (Lipinski definition) is 4. The maximum absolute atomic E-state index is 10.8. The van der Waals surface area contributed by atoms with Crippen molar-refractivity contribution in [1.29, 1.82) is 0 Å². The smallest absolute Gasteiger partial charge is 0.354 e. The molecule has 1 aromatic heterocycles. The first-order valence-electron chi connectivity index (χ1n) is 5.60. The number of carboxylic acids is 1. The number of aromatic nitrogens is 2. The number of aromatic carboxylic acids is 1. The Hall–Kier alpha value is -2.14. The van der Waals surface area contributed by atoms with Crippen molar-refractivity contribution in [3.8, 4) is 5.75 Å². The molecule has 0 saturated carbocycles. The molecule has 2 rings (SSSR count). The molecule has 98 valence electrons. The minimum Gasteiger partial charge on any atom is -0.493 e. The number of halogens is 1. The summed E-state index contributed by atoms with van der Waals surface area (Å²) < 4.78 is 5.48. The standard InChI is InChI=1S/C13H11ClN2O3/c14-11-8-10(13(17)18)15-12(16-11)6-7-19-9-4-2-1-3-5-9/h1-5,8H,6-7H2,(H,17,18). The molecule has 0 aliphatic rings. The van der Waals surface area contributed by atoms with Crippen molar-refractivity contribution < 1.29 is 14.6 Å². The first kappa shape index (κ1) is 13.3. The van der Waals surface area contributed by atoms with Gasteiger partial charge in [0, 0.05) is 12.5 Å². The third kappa shape index (κ3) is 3.93. The van der Waals surface area contributed by atoms with E-state index in [-0.39, 0.29) is 10.8 Å². The minimum atomic E-state index is -1.13. The van der Waals surface area contributed by atoms with Gasteiger partial charge in [0.1, 0.15) is 16.7 Å². The Labute approximate surface area is 114 Å². The zero-order valence-corrected chi connectivity index (χ0v) is 10.7. The van der Waals surface area contributed by atoms with E-state index in [1.165, 1.54) is 6.07 Å². The third-order valence-electron chi connectivity index (χ3n) is 2.30. The maximum Gasteiger partial charge on any atom is 0.354 e. The lowest BCUT2D eigenvalue weighted by atomic mass is 10.3. The SMILES string of the molecule is O=C(O)c1cc(Cl)nc(CCOc2ccccc2)n1. The molecule has 0 bridgehead atoms. The highest BCUT2D eigenvalue weighted by Crippen LogP contribution is 2.10. The maximum atomic E-state index is 10.8. The fourth-order valence-electron chi connectivity index (χ4n) is 1.46. The Bertz CT molecular complexity index is 575. The zero-order valence-electron chi connectivity index (χ0n) is 9.91. The average molecular weight is 279 g/mol. The highest BCUT2D eigenvalue weighted by molar-refractivity contribution is 6.29. The summed E-state index contributed by atoms with van der Waals surface area (Å²) in [7, 11) is 0. The molecule has 0 spiro atoms. The Balaban J connectivity index is 1.98. The monoisotopic (exact) mass is 278 g/mol. The molecule has 0 atom stereocenters. The number of carbonyl (C=O) groups is 1. The molecule has 2 aromatic rings. The number of para-hydroxylation sites is 1. The molecule has 0 unspecified atom stereocenters. The lowest BCUT2D eigenvalue weighted by Gasteiger charge is -2.05. The van der Waals surface area contributed by atoms with E-state index in [9.17, 15) is 4.79 Å². The molecule has 0 aliphatic heterocycles. The van der Waals surface area contributed by atoms with E-state index in [0.717, 1.165) is 5.75 Å². The van der Waals surface area contributed by atoms with Gasteiger partial charge in [0.25, 0.3) is 0 Å². The summed E-state index contributed by atoms with van der Waals surface area (Å²) >= 11 is 5.73. The van der Waals surface area contributed by atoms with Crippen LogP contribution in [0.3, 0.4) is 0 Å². The van der Waals surface area contributed by atoms with Crippen LogP contribution in [0, 0.1) is 0 Å². The van der Waals surface area contributed by atoms with E-state index in [4.69, 9.17) is 21.4 Å². The number of nitrogens with zero attached hydrogens (tertiary/aromatic N) is 2. The van der Waals surface area contributed by atoms with Crippen molar-refractivity contribution in [3.63, 3.8) is 0 Å². The van der Waals surface area contributed by atoms with Crippen LogP contribution in [0.1, 0.15) is 16.3 Å². The van der Waals surface area contributed by atoms with E-state index in [1.807, 2.05) is 30.3 Å². The first-order valence-corrected chi connectivity index (χ1v) is 5.97. The highest BCUT2D eigenvalue weighted by Gasteiger charge is 2.09. The van der Waals surface area contributed by atoms with Crippen LogP contribution < -0.4 is 4.74 Å². The van der Waals surface area contributed by atoms with Crippen LogP contribution in [0.4, 0.5) is 0 Å². The largest absolute Gasteiger partial charge is 0.493 e. The average Bonchev–Trinajstić information content (AvgIpc) is 2.39. The Morgan fingerprint density at radius 2 is 2.00 bits per heavy atom. The molecular formula is C13H11ClN2O3. The predicted octanol–water partition coefficient (Wildman–Crippen LogP) is 2.45. The summed E-state index contributed by atoms with van der Waals surface area (Å²) in [5.74, 6) is -0.0432. The normalized spacial score (nSPS) is 10.2. The number of carboxylic acid groups (broad SMARTS) is 1. The minimum absolute atomic E-state index is 0.113. The number of ether oxygens (including phenoxy) is 1. The van der Waals surface area contributed by atoms with Crippen LogP contribution in [-0.4, -0.2) is 27.7 Å². The zero-order chi connectivity index (χ0) is 13.7. The number of rotatable bonds is 5. The Morgan fingerprint density at radius 3 is 2.68 bits per heavy atom. The summed E-state index contributed by atoms with van der Waals surface area (Å²) in [5, 5.41) is 8.97. The predicted molar refractivity (Wildman–Crippen MR) is 69.6 cm³/mol. The molecule has 1 aromatic carbocycles. The van der Waals surface area contributed by atoms with Crippen molar-refractivity contribution in [1.82, 2.24) is 9.97 Å². The van der Waals surface area contributed by atoms with E-state index in [0.29, 0.717) is 18.9 Å². The number of benzene rings is 1. The van der Waals surface area contributed by atoms with Crippen molar-refractivity contribution in [2.45, 2.75) is 6.42 Å². The quantitative estimate of drug-likeness (QED) is 0.851. The summed E-state index contributed by atoms with van der Waals surface area (Å²) in [6.07, 6.45) is 0.385. The second-order valence-corrected chi connectivity index (χ2v) is 4.10. The van der Waals surface area contributed by atoms with Gasteiger partial charge in [-0.25, -0.2) is 14.8 Å². The van der Waals surface area contributed by atoms with E-state index in [2.05, 4.69) is 9.97 Å². The molecule has 0 aliphatic carbocycles. The number of hydrogen-bond donors (Lipinski definition) is 1. The molecular weight excluding hydrogens is 268 g/mol. The summed E-state index contributed by atoms with van der Waals surface area (Å²) in [4.78, 5) is 18.7. The van der Waals surface area contributed by atoms with Crippen molar-refractivity contribution >= 4 is 17.6 Å². The second-order valence-electron chi connectivity index (χ2n) is 3.71. The lowest BCUT2D eigenvalue weighted by Crippen LogP contribution is -2.09. The molecule has 6 heteroatoms. The Morgan fingerprint density at radius 1 is 1.26 bits per heavy atom. The van der Waals surface area contributed by atoms with Gasteiger partial charge in [0.05, 0.1) is 6.61 Å². The summed E-state index contributed by atoms with van der Waals surface area (Å²) in [5.41, 5.74) is -0.116. The van der Waals surface area contributed by atoms with Crippen molar-refractivity contribution in [2.24, 2.45) is 0 Å². The van der Waals surface area contributed by atoms with Crippen LogP contribution >= 0.6 is 11.6 Å². The van der Waals surface area contributed by atoms with E-state index in [1.54, 1.807) is 0 Å². The van der Waals surface area contributed by atoms with E-state index < -0.39 is 5.97 Å². The van der Waals surface area contributed by atoms with Gasteiger partial charge in [-0.3, -0.25) is 0 Å². The van der Waals surface area contributed by atoms with E-state index >= 15 is 0 Å². The third-order valence-corrected chi connectivity index (χ3v) is 2.49. The van der Waals surface area contributed by atoms with Crippen LogP contribution in [0.25, 0.3) is 0 Å². The summed E-state index contributed by atoms with van der Waals surface area (Å²) in [6, 6.07) is 10.5. The van der Waals surface area contributed by atoms with Gasteiger partial charge in [-0.05, 0) is 12.1 Å². The van der Waals surface area contributed by atoms with Gasteiger partial charge in [0.15, 0.2) is 5.69 Å². The summed E-state index contributed by atoms with van der Waals surface area (Å²) in [6.45, 7) is 0.351. The molecule has 0 amide bonds. The van der Waals surface area contributed by atoms with Crippen molar-refractivity contribution in [3.05, 3.63) is 53.1 Å². The van der Waals surface area contributed by atoms with Gasteiger partial charge in [-0.2, -0.15) is 0 Å². The molecule has 1 heterocycles. The highest BCUT2D eigenvalue weighted by atomic mass is 35.5. The topological polar surface area (TPSA) is 72.3 Å². The fourth-order valence-corrected chi connectivity index (χ4v) is 1.66. The second kappa shape index (κ2) is 6.15. The lowest BCUT2D eigenvalue weighted by molar-refractivity contribution is 0.0689. The molecule has 0 radical (unpaired) electrons. The van der Waals surface area contributed by atoms with Crippen LogP contribution in [0.5, 0.6) is 5.75 Å². The first-order chi connectivity index (χ1) is 9.15. The van der Waals surface area contributed by atoms with Gasteiger partial charge in [-0.1, -0.05) is 29.8 Å². The van der Waals surface area contributed by atoms with Gasteiger partial charge < -0.3 is 9.84 Å². The van der Waals surface area contributed by atoms with Crippen LogP contribution in [0.2, 0.25) is 5.15 Å². The van der Waals surface area contributed by atoms with Crippen molar-refractivity contribution in [2.75, 3.05) is 6.61 Å². The fraction of sp³-hybridized carbons (Fsp3) is 0.154. The van der Waals surface area contributed by atoms with Gasteiger partial charge in [-0.15, -0.1) is 0 Å². The molecule has 1 N–H and O–H groups in total. The molecule has 0 fully saturated rings. The van der Waals surface area contributed by atoms with Crippen LogP contribution in [-0.2, 0) is 6.42 Å². The van der Waals surface area contributed by atoms with Crippen LogP contribution in [0.15, 0.2) is 36.4 Å². The Kier molecular flexibility index (Phi) is 4.30. The van der Waals surface area contributed by atoms with Gasteiger partial charge in [0.2, 0.25) is 0 Å². The molecule has 19 heavy (non-hydrogen) atoms. The molecule has 5 nitrogen and oxygen atoms in total.